The van der Waals surface area contributed by atoms with Crippen LogP contribution in [0.2, 0.25) is 0 Å². The SMILES string of the molecule is C=C(Nc1cccc(C(F)(F)F)c1)n1ccc2cc(Oc3cc(CN4CCC(C(=O)NC(C)C)CC4)ncn3)ccc21. The number of carbonyl (C=O) groups excluding carboxylic acids is 1. The zero-order valence-electron chi connectivity index (χ0n) is 23.5. The van der Waals surface area contributed by atoms with E-state index in [0.717, 1.165) is 54.7 Å². The van der Waals surface area contributed by atoms with Crippen molar-refractivity contribution in [2.45, 2.75) is 45.5 Å². The van der Waals surface area contributed by atoms with Crippen LogP contribution in [0.15, 0.2) is 73.7 Å². The minimum Gasteiger partial charge on any atom is -0.439 e. The predicted molar refractivity (Wildman–Crippen MR) is 156 cm³/mol. The topological polar surface area (TPSA) is 84.3 Å². The van der Waals surface area contributed by atoms with Crippen LogP contribution in [-0.2, 0) is 17.5 Å². The van der Waals surface area contributed by atoms with Crippen LogP contribution in [0.4, 0.5) is 18.9 Å². The highest BCUT2D eigenvalue weighted by atomic mass is 19.4. The molecule has 42 heavy (non-hydrogen) atoms. The van der Waals surface area contributed by atoms with E-state index in [1.54, 1.807) is 22.9 Å². The number of rotatable bonds is 9. The molecule has 0 unspecified atom stereocenters. The molecular formula is C31H33F3N6O2. The molecular weight excluding hydrogens is 545 g/mol. The number of hydrogen-bond donors (Lipinski definition) is 2. The molecule has 4 aromatic rings. The molecule has 2 aromatic carbocycles. The smallest absolute Gasteiger partial charge is 0.416 e. The molecule has 1 aliphatic heterocycles. The van der Waals surface area contributed by atoms with E-state index in [9.17, 15) is 18.0 Å². The number of ether oxygens (including phenoxy) is 1. The second-order valence-electron chi connectivity index (χ2n) is 10.7. The predicted octanol–water partition coefficient (Wildman–Crippen LogP) is 6.52. The molecule has 0 spiro atoms. The maximum Gasteiger partial charge on any atom is 0.416 e. The van der Waals surface area contributed by atoms with Crippen LogP contribution >= 0.6 is 0 Å². The molecule has 0 bridgehead atoms. The Bertz CT molecular complexity index is 1570. The molecule has 1 amide bonds. The monoisotopic (exact) mass is 578 g/mol. The van der Waals surface area contributed by atoms with Gasteiger partial charge in [-0.15, -0.1) is 0 Å². The number of carbonyl (C=O) groups is 1. The van der Waals surface area contributed by atoms with Gasteiger partial charge in [0, 0.05) is 41.8 Å². The van der Waals surface area contributed by atoms with Crippen LogP contribution in [-0.4, -0.2) is 44.5 Å². The van der Waals surface area contributed by atoms with Gasteiger partial charge >= 0.3 is 6.18 Å². The third kappa shape index (κ3) is 7.09. The van der Waals surface area contributed by atoms with E-state index in [0.29, 0.717) is 24.0 Å². The first kappa shape index (κ1) is 29.1. The lowest BCUT2D eigenvalue weighted by molar-refractivity contribution is -0.137. The average Bonchev–Trinajstić information content (AvgIpc) is 3.36. The number of likely N-dealkylation sites (tertiary alicyclic amines) is 1. The average molecular weight is 579 g/mol. The van der Waals surface area contributed by atoms with Gasteiger partial charge in [0.1, 0.15) is 17.9 Å². The molecule has 0 radical (unpaired) electrons. The summed E-state index contributed by atoms with van der Waals surface area (Å²) in [5.41, 5.74) is 1.19. The fourth-order valence-corrected chi connectivity index (χ4v) is 5.04. The molecule has 0 aliphatic carbocycles. The molecule has 1 aliphatic rings. The van der Waals surface area contributed by atoms with Crippen molar-refractivity contribution in [3.8, 4) is 11.6 Å². The largest absolute Gasteiger partial charge is 0.439 e. The summed E-state index contributed by atoms with van der Waals surface area (Å²) in [6.07, 6.45) is 0.467. The van der Waals surface area contributed by atoms with Gasteiger partial charge in [0.25, 0.3) is 0 Å². The highest BCUT2D eigenvalue weighted by Crippen LogP contribution is 2.32. The second-order valence-corrected chi connectivity index (χ2v) is 10.7. The van der Waals surface area contributed by atoms with Crippen molar-refractivity contribution in [2.75, 3.05) is 18.4 Å². The summed E-state index contributed by atoms with van der Waals surface area (Å²) in [5.74, 6) is 1.58. The lowest BCUT2D eigenvalue weighted by atomic mass is 9.95. The lowest BCUT2D eigenvalue weighted by Crippen LogP contribution is -2.42. The van der Waals surface area contributed by atoms with Gasteiger partial charge in [0.2, 0.25) is 11.8 Å². The number of piperidine rings is 1. The van der Waals surface area contributed by atoms with Crippen molar-refractivity contribution in [2.24, 2.45) is 5.92 Å². The van der Waals surface area contributed by atoms with E-state index in [4.69, 9.17) is 4.74 Å². The Morgan fingerprint density at radius 3 is 2.62 bits per heavy atom. The Morgan fingerprint density at radius 2 is 1.88 bits per heavy atom. The van der Waals surface area contributed by atoms with Crippen LogP contribution in [0.1, 0.15) is 37.9 Å². The first-order valence-electron chi connectivity index (χ1n) is 13.8. The number of aromatic nitrogens is 3. The first-order valence-corrected chi connectivity index (χ1v) is 13.8. The number of hydrogen-bond acceptors (Lipinski definition) is 6. The van der Waals surface area contributed by atoms with Crippen molar-refractivity contribution in [3.63, 3.8) is 0 Å². The molecule has 1 saturated heterocycles. The van der Waals surface area contributed by atoms with Crippen LogP contribution in [0.3, 0.4) is 0 Å². The number of fused-ring (bicyclic) bond motifs is 1. The minimum atomic E-state index is -4.43. The van der Waals surface area contributed by atoms with Gasteiger partial charge in [-0.25, -0.2) is 9.97 Å². The molecule has 2 N–H and O–H groups in total. The van der Waals surface area contributed by atoms with Crippen molar-refractivity contribution in [1.82, 2.24) is 24.8 Å². The van der Waals surface area contributed by atoms with Gasteiger partial charge < -0.3 is 19.9 Å². The Kier molecular flexibility index (Phi) is 8.49. The molecule has 220 valence electrons. The fraction of sp³-hybridized carbons (Fsp3) is 0.323. The zero-order chi connectivity index (χ0) is 29.9. The number of nitrogens with zero attached hydrogens (tertiary/aromatic N) is 4. The Balaban J connectivity index is 1.20. The van der Waals surface area contributed by atoms with Crippen LogP contribution in [0.5, 0.6) is 11.6 Å². The number of anilines is 1. The van der Waals surface area contributed by atoms with Crippen molar-refractivity contribution in [3.05, 3.63) is 85.0 Å². The van der Waals surface area contributed by atoms with Gasteiger partial charge in [0.05, 0.1) is 16.8 Å². The maximum atomic E-state index is 13.1. The van der Waals surface area contributed by atoms with E-state index in [2.05, 4.69) is 32.1 Å². The third-order valence-electron chi connectivity index (χ3n) is 7.13. The number of halogens is 3. The van der Waals surface area contributed by atoms with Gasteiger partial charge in [-0.2, -0.15) is 13.2 Å². The van der Waals surface area contributed by atoms with Crippen molar-refractivity contribution < 1.29 is 22.7 Å². The lowest BCUT2D eigenvalue weighted by Gasteiger charge is -2.31. The van der Waals surface area contributed by atoms with Crippen LogP contribution in [0, 0.1) is 5.92 Å². The number of nitrogens with one attached hydrogen (secondary N) is 2. The molecule has 5 rings (SSSR count). The fourth-order valence-electron chi connectivity index (χ4n) is 5.04. The molecule has 8 nitrogen and oxygen atoms in total. The quantitative estimate of drug-likeness (QED) is 0.235. The first-order chi connectivity index (χ1) is 20.0. The summed E-state index contributed by atoms with van der Waals surface area (Å²) < 4.78 is 47.1. The number of benzene rings is 2. The molecule has 3 heterocycles. The van der Waals surface area contributed by atoms with Gasteiger partial charge in [-0.3, -0.25) is 9.69 Å². The zero-order valence-corrected chi connectivity index (χ0v) is 23.5. The second kappa shape index (κ2) is 12.2. The van der Waals surface area contributed by atoms with E-state index in [1.165, 1.54) is 12.4 Å². The van der Waals surface area contributed by atoms with Gasteiger partial charge in [-0.1, -0.05) is 12.6 Å². The third-order valence-corrected chi connectivity index (χ3v) is 7.13. The highest BCUT2D eigenvalue weighted by Gasteiger charge is 2.30. The normalized spacial score (nSPS) is 14.7. The highest BCUT2D eigenvalue weighted by molar-refractivity contribution is 5.86. The molecule has 0 saturated carbocycles. The van der Waals surface area contributed by atoms with Crippen LogP contribution in [0.25, 0.3) is 16.7 Å². The Morgan fingerprint density at radius 1 is 1.10 bits per heavy atom. The van der Waals surface area contributed by atoms with Crippen LogP contribution < -0.4 is 15.4 Å². The number of amides is 1. The van der Waals surface area contributed by atoms with E-state index in [1.807, 2.05) is 38.1 Å². The number of alkyl halides is 3. The summed E-state index contributed by atoms with van der Waals surface area (Å²) >= 11 is 0. The Labute approximate surface area is 242 Å². The molecule has 11 heteroatoms. The summed E-state index contributed by atoms with van der Waals surface area (Å²) in [5, 5.41) is 6.82. The van der Waals surface area contributed by atoms with Crippen molar-refractivity contribution in [1.29, 1.82) is 0 Å². The summed E-state index contributed by atoms with van der Waals surface area (Å²) in [6.45, 7) is 10.2. The van der Waals surface area contributed by atoms with Crippen molar-refractivity contribution >= 4 is 28.3 Å². The molecule has 1 fully saturated rings. The molecule has 0 atom stereocenters. The molecule has 2 aromatic heterocycles. The van der Waals surface area contributed by atoms with Gasteiger partial charge in [0.15, 0.2) is 0 Å². The van der Waals surface area contributed by atoms with E-state index in [-0.39, 0.29) is 23.6 Å². The van der Waals surface area contributed by atoms with E-state index < -0.39 is 11.7 Å². The Hall–Kier alpha value is -4.38. The summed E-state index contributed by atoms with van der Waals surface area (Å²) in [6, 6.07) is 14.3. The maximum absolute atomic E-state index is 13.1. The summed E-state index contributed by atoms with van der Waals surface area (Å²) in [7, 11) is 0. The van der Waals surface area contributed by atoms with Gasteiger partial charge in [-0.05, 0) is 82.2 Å². The standard InChI is InChI=1S/C31H33F3N6O2/c1-20(2)37-30(41)22-9-12-39(13-10-22)18-26-17-29(36-19-35-26)42-27-7-8-28-23(15-27)11-14-40(28)21(3)38-25-6-4-5-24(16-25)31(32,33)34/h4-8,11,14-17,19-20,22,38H,3,9-10,12-13,18H2,1-2H3,(H,37,41). The summed E-state index contributed by atoms with van der Waals surface area (Å²) in [4.78, 5) is 23.3. The van der Waals surface area contributed by atoms with E-state index >= 15 is 0 Å². The minimum absolute atomic E-state index is 0.0475.